The highest BCUT2D eigenvalue weighted by Crippen LogP contribution is 2.27. The van der Waals surface area contributed by atoms with Crippen molar-refractivity contribution in [1.82, 2.24) is 0 Å². The lowest BCUT2D eigenvalue weighted by atomic mass is 10.1. The van der Waals surface area contributed by atoms with Gasteiger partial charge < -0.3 is 9.15 Å². The normalized spacial score (nSPS) is 9.81. The van der Waals surface area contributed by atoms with E-state index in [0.717, 1.165) is 28.4 Å². The van der Waals surface area contributed by atoms with Crippen molar-refractivity contribution in [3.8, 4) is 29.4 Å². The molecule has 16 heavy (non-hydrogen) atoms. The molecule has 0 bridgehead atoms. The molecule has 0 saturated carbocycles. The molecule has 0 aliphatic carbocycles. The van der Waals surface area contributed by atoms with Crippen LogP contribution in [0.5, 0.6) is 5.75 Å². The van der Waals surface area contributed by atoms with Gasteiger partial charge in [0.2, 0.25) is 0 Å². The van der Waals surface area contributed by atoms with Crippen LogP contribution in [-0.2, 0) is 0 Å². The Hall–Kier alpha value is -2.14. The zero-order chi connectivity index (χ0) is 11.5. The highest BCUT2D eigenvalue weighted by molar-refractivity contribution is 5.63. The van der Waals surface area contributed by atoms with E-state index in [1.165, 1.54) is 0 Å². The summed E-state index contributed by atoms with van der Waals surface area (Å²) in [5, 5.41) is 0. The van der Waals surface area contributed by atoms with Crippen LogP contribution in [0.15, 0.2) is 34.7 Å². The molecular formula is C14H12O2. The summed E-state index contributed by atoms with van der Waals surface area (Å²) < 4.78 is 10.7. The SMILES string of the molecule is C#Cc1cc(OC)cc(-c2ccc(C)o2)c1. The number of aryl methyl sites for hydroxylation is 1. The summed E-state index contributed by atoms with van der Waals surface area (Å²) >= 11 is 0. The van der Waals surface area contributed by atoms with Gasteiger partial charge in [0.1, 0.15) is 17.3 Å². The maximum atomic E-state index is 5.54. The fourth-order valence-electron chi connectivity index (χ4n) is 1.53. The van der Waals surface area contributed by atoms with Crippen molar-refractivity contribution in [2.45, 2.75) is 6.92 Å². The molecular weight excluding hydrogens is 200 g/mol. The maximum absolute atomic E-state index is 5.54. The largest absolute Gasteiger partial charge is 0.497 e. The molecule has 2 nitrogen and oxygen atoms in total. The highest BCUT2D eigenvalue weighted by atomic mass is 16.5. The number of hydrogen-bond donors (Lipinski definition) is 0. The molecule has 2 heteroatoms. The number of furan rings is 1. The Balaban J connectivity index is 2.52. The topological polar surface area (TPSA) is 22.4 Å². The zero-order valence-corrected chi connectivity index (χ0v) is 9.28. The predicted molar refractivity (Wildman–Crippen MR) is 63.4 cm³/mol. The smallest absolute Gasteiger partial charge is 0.134 e. The van der Waals surface area contributed by atoms with Crippen molar-refractivity contribution < 1.29 is 9.15 Å². The van der Waals surface area contributed by atoms with E-state index in [-0.39, 0.29) is 0 Å². The second-order valence-corrected chi connectivity index (χ2v) is 3.50. The third kappa shape index (κ3) is 1.94. The van der Waals surface area contributed by atoms with Crippen LogP contribution >= 0.6 is 0 Å². The van der Waals surface area contributed by atoms with E-state index in [2.05, 4.69) is 5.92 Å². The van der Waals surface area contributed by atoms with Gasteiger partial charge in [-0.2, -0.15) is 0 Å². The molecule has 0 aliphatic heterocycles. The minimum absolute atomic E-state index is 0.736. The Kier molecular flexibility index (Phi) is 2.70. The van der Waals surface area contributed by atoms with E-state index in [9.17, 15) is 0 Å². The van der Waals surface area contributed by atoms with Gasteiger partial charge in [0.05, 0.1) is 7.11 Å². The summed E-state index contributed by atoms with van der Waals surface area (Å²) in [5.41, 5.74) is 1.71. The Morgan fingerprint density at radius 3 is 2.62 bits per heavy atom. The lowest BCUT2D eigenvalue weighted by Crippen LogP contribution is -1.86. The van der Waals surface area contributed by atoms with Crippen LogP contribution in [0.25, 0.3) is 11.3 Å². The van der Waals surface area contributed by atoms with Gasteiger partial charge in [-0.3, -0.25) is 0 Å². The van der Waals surface area contributed by atoms with E-state index in [0.29, 0.717) is 0 Å². The fraction of sp³-hybridized carbons (Fsp3) is 0.143. The predicted octanol–water partition coefficient (Wildman–Crippen LogP) is 3.24. The quantitative estimate of drug-likeness (QED) is 0.713. The van der Waals surface area contributed by atoms with Gasteiger partial charge in [0.25, 0.3) is 0 Å². The van der Waals surface area contributed by atoms with Crippen molar-refractivity contribution in [3.05, 3.63) is 41.7 Å². The summed E-state index contributed by atoms with van der Waals surface area (Å²) in [4.78, 5) is 0. The third-order valence-corrected chi connectivity index (χ3v) is 2.33. The second-order valence-electron chi connectivity index (χ2n) is 3.50. The van der Waals surface area contributed by atoms with Crippen molar-refractivity contribution >= 4 is 0 Å². The van der Waals surface area contributed by atoms with Crippen LogP contribution in [0.2, 0.25) is 0 Å². The van der Waals surface area contributed by atoms with Gasteiger partial charge in [-0.05, 0) is 37.3 Å². The molecule has 0 N–H and O–H groups in total. The average molecular weight is 212 g/mol. The van der Waals surface area contributed by atoms with Crippen molar-refractivity contribution in [2.24, 2.45) is 0 Å². The van der Waals surface area contributed by atoms with Gasteiger partial charge in [-0.1, -0.05) is 5.92 Å². The summed E-state index contributed by atoms with van der Waals surface area (Å²) in [6.45, 7) is 1.91. The summed E-state index contributed by atoms with van der Waals surface area (Å²) in [7, 11) is 1.62. The molecule has 0 radical (unpaired) electrons. The van der Waals surface area contributed by atoms with E-state index < -0.39 is 0 Å². The van der Waals surface area contributed by atoms with E-state index in [1.54, 1.807) is 7.11 Å². The summed E-state index contributed by atoms with van der Waals surface area (Å²) in [6.07, 6.45) is 5.39. The Labute approximate surface area is 94.9 Å². The van der Waals surface area contributed by atoms with Crippen LogP contribution in [0.4, 0.5) is 0 Å². The van der Waals surface area contributed by atoms with Crippen molar-refractivity contribution in [2.75, 3.05) is 7.11 Å². The molecule has 0 atom stereocenters. The van der Waals surface area contributed by atoms with Crippen LogP contribution in [0, 0.1) is 19.3 Å². The van der Waals surface area contributed by atoms with E-state index in [1.807, 2.05) is 37.3 Å². The number of ether oxygens (including phenoxy) is 1. The second kappa shape index (κ2) is 4.16. The monoisotopic (exact) mass is 212 g/mol. The number of benzene rings is 1. The number of methoxy groups -OCH3 is 1. The summed E-state index contributed by atoms with van der Waals surface area (Å²) in [6, 6.07) is 9.47. The van der Waals surface area contributed by atoms with Crippen LogP contribution in [0.3, 0.4) is 0 Å². The fourth-order valence-corrected chi connectivity index (χ4v) is 1.53. The zero-order valence-electron chi connectivity index (χ0n) is 9.28. The number of rotatable bonds is 2. The molecule has 0 unspecified atom stereocenters. The van der Waals surface area contributed by atoms with Gasteiger partial charge in [0, 0.05) is 11.1 Å². The van der Waals surface area contributed by atoms with Gasteiger partial charge in [-0.25, -0.2) is 0 Å². The first kappa shape index (κ1) is 10.4. The molecule has 1 aromatic carbocycles. The standard InChI is InChI=1S/C14H12O2/c1-4-11-7-12(9-13(8-11)15-3)14-6-5-10(2)16-14/h1,5-9H,2-3H3. The Morgan fingerprint density at radius 1 is 1.25 bits per heavy atom. The molecule has 0 fully saturated rings. The first-order chi connectivity index (χ1) is 7.72. The molecule has 0 saturated heterocycles. The molecule has 0 amide bonds. The number of terminal acetylenes is 1. The lowest BCUT2D eigenvalue weighted by molar-refractivity contribution is 0.414. The van der Waals surface area contributed by atoms with Crippen LogP contribution in [0.1, 0.15) is 11.3 Å². The van der Waals surface area contributed by atoms with Gasteiger partial charge in [-0.15, -0.1) is 6.42 Å². The molecule has 1 aromatic heterocycles. The third-order valence-electron chi connectivity index (χ3n) is 2.33. The maximum Gasteiger partial charge on any atom is 0.134 e. The summed E-state index contributed by atoms with van der Waals surface area (Å²) in [5.74, 6) is 5.01. The van der Waals surface area contributed by atoms with Gasteiger partial charge >= 0.3 is 0 Å². The van der Waals surface area contributed by atoms with Crippen molar-refractivity contribution in [3.63, 3.8) is 0 Å². The minimum Gasteiger partial charge on any atom is -0.497 e. The first-order valence-corrected chi connectivity index (χ1v) is 4.95. The Bertz CT molecular complexity index is 544. The molecule has 2 rings (SSSR count). The first-order valence-electron chi connectivity index (χ1n) is 4.95. The van der Waals surface area contributed by atoms with E-state index in [4.69, 9.17) is 15.6 Å². The molecule has 2 aromatic rings. The number of hydrogen-bond acceptors (Lipinski definition) is 2. The lowest BCUT2D eigenvalue weighted by Gasteiger charge is -2.04. The van der Waals surface area contributed by atoms with Crippen LogP contribution < -0.4 is 4.74 Å². The average Bonchev–Trinajstić information content (AvgIpc) is 2.75. The van der Waals surface area contributed by atoms with E-state index >= 15 is 0 Å². The molecule has 1 heterocycles. The molecule has 80 valence electrons. The molecule has 0 spiro atoms. The highest BCUT2D eigenvalue weighted by Gasteiger charge is 2.05. The minimum atomic E-state index is 0.736. The van der Waals surface area contributed by atoms with Crippen molar-refractivity contribution in [1.29, 1.82) is 0 Å². The molecule has 0 aliphatic rings. The van der Waals surface area contributed by atoms with Crippen LogP contribution in [-0.4, -0.2) is 7.11 Å². The Morgan fingerprint density at radius 2 is 2.06 bits per heavy atom. The van der Waals surface area contributed by atoms with Gasteiger partial charge in [0.15, 0.2) is 0 Å².